The number of hydrogen-bond acceptors (Lipinski definition) is 2. The molecule has 2 N–H and O–H groups in total. The van der Waals surface area contributed by atoms with Crippen LogP contribution in [0.4, 0.5) is 4.39 Å². The minimum Gasteiger partial charge on any atom is -0.487 e. The van der Waals surface area contributed by atoms with E-state index < -0.39 is 0 Å². The Bertz CT molecular complexity index is 492. The van der Waals surface area contributed by atoms with Crippen molar-refractivity contribution in [3.63, 3.8) is 0 Å². The monoisotopic (exact) mass is 277 g/mol. The third-order valence-corrected chi connectivity index (χ3v) is 5.17. The molecule has 0 aromatic heterocycles. The summed E-state index contributed by atoms with van der Waals surface area (Å²) >= 11 is 0. The molecule has 0 unspecified atom stereocenters. The Morgan fingerprint density at radius 2 is 2.00 bits per heavy atom. The van der Waals surface area contributed by atoms with E-state index in [1.54, 1.807) is 6.07 Å². The van der Waals surface area contributed by atoms with E-state index in [0.717, 1.165) is 42.4 Å². The molecule has 1 aliphatic carbocycles. The maximum atomic E-state index is 13.3. The summed E-state index contributed by atoms with van der Waals surface area (Å²) in [6, 6.07) is 4.61. The highest BCUT2D eigenvalue weighted by atomic mass is 19.1. The van der Waals surface area contributed by atoms with Crippen molar-refractivity contribution in [3.8, 4) is 5.75 Å². The SMILES string of the molecule is CC(C)C1CCC2(CC1)C[C@H](N)c1cc(F)ccc1O2. The van der Waals surface area contributed by atoms with Crippen LogP contribution in [-0.4, -0.2) is 5.60 Å². The fourth-order valence-corrected chi connectivity index (χ4v) is 3.83. The van der Waals surface area contributed by atoms with Crippen LogP contribution in [0.25, 0.3) is 0 Å². The van der Waals surface area contributed by atoms with Gasteiger partial charge in [-0.3, -0.25) is 0 Å². The first-order chi connectivity index (χ1) is 9.49. The average Bonchev–Trinajstić information content (AvgIpc) is 2.40. The van der Waals surface area contributed by atoms with Gasteiger partial charge in [0.1, 0.15) is 17.2 Å². The lowest BCUT2D eigenvalue weighted by Crippen LogP contribution is -2.46. The van der Waals surface area contributed by atoms with Gasteiger partial charge in [-0.2, -0.15) is 0 Å². The first-order valence-electron chi connectivity index (χ1n) is 7.73. The van der Waals surface area contributed by atoms with E-state index in [1.807, 2.05) is 0 Å². The van der Waals surface area contributed by atoms with E-state index in [2.05, 4.69) is 13.8 Å². The molecule has 110 valence electrons. The normalized spacial score (nSPS) is 33.0. The second-order valence-electron chi connectivity index (χ2n) is 6.86. The third kappa shape index (κ3) is 2.44. The van der Waals surface area contributed by atoms with Gasteiger partial charge < -0.3 is 10.5 Å². The van der Waals surface area contributed by atoms with E-state index in [9.17, 15) is 4.39 Å². The number of nitrogens with two attached hydrogens (primary N) is 1. The zero-order valence-electron chi connectivity index (χ0n) is 12.4. The molecule has 3 rings (SSSR count). The van der Waals surface area contributed by atoms with Crippen molar-refractivity contribution in [1.29, 1.82) is 0 Å². The fourth-order valence-electron chi connectivity index (χ4n) is 3.83. The standard InChI is InChI=1S/C17H24FNO/c1-11(2)12-5-7-17(8-6-12)10-15(19)14-9-13(18)3-4-16(14)20-17/h3-4,9,11-12,15H,5-8,10,19H2,1-2H3/t12?,15-,17?/m0/s1. The van der Waals surface area contributed by atoms with Crippen LogP contribution in [0.15, 0.2) is 18.2 Å². The summed E-state index contributed by atoms with van der Waals surface area (Å²) < 4.78 is 19.6. The van der Waals surface area contributed by atoms with E-state index in [0.29, 0.717) is 0 Å². The molecule has 1 fully saturated rings. The molecule has 0 amide bonds. The van der Waals surface area contributed by atoms with Crippen LogP contribution in [0, 0.1) is 17.7 Å². The zero-order chi connectivity index (χ0) is 14.3. The third-order valence-electron chi connectivity index (χ3n) is 5.17. The summed E-state index contributed by atoms with van der Waals surface area (Å²) in [4.78, 5) is 0. The minimum atomic E-state index is -0.234. The van der Waals surface area contributed by atoms with Crippen molar-refractivity contribution in [3.05, 3.63) is 29.6 Å². The number of fused-ring (bicyclic) bond motifs is 1. The molecule has 2 nitrogen and oxygen atoms in total. The van der Waals surface area contributed by atoms with Crippen LogP contribution in [0.1, 0.15) is 57.6 Å². The smallest absolute Gasteiger partial charge is 0.125 e. The summed E-state index contributed by atoms with van der Waals surface area (Å²) in [6.45, 7) is 4.60. The van der Waals surface area contributed by atoms with E-state index in [-0.39, 0.29) is 17.5 Å². The Hall–Kier alpha value is -1.09. The number of benzene rings is 1. The molecule has 3 heteroatoms. The molecule has 1 aromatic carbocycles. The van der Waals surface area contributed by atoms with Crippen molar-refractivity contribution in [2.24, 2.45) is 17.6 Å². The molecule has 0 bridgehead atoms. The highest BCUT2D eigenvalue weighted by molar-refractivity contribution is 5.39. The predicted octanol–water partition coefficient (Wildman–Crippen LogP) is 4.19. The Kier molecular flexibility index (Phi) is 3.49. The van der Waals surface area contributed by atoms with Gasteiger partial charge >= 0.3 is 0 Å². The highest BCUT2D eigenvalue weighted by Crippen LogP contribution is 2.47. The highest BCUT2D eigenvalue weighted by Gasteiger charge is 2.43. The number of halogens is 1. The van der Waals surface area contributed by atoms with Gasteiger partial charge in [-0.15, -0.1) is 0 Å². The van der Waals surface area contributed by atoms with Crippen molar-refractivity contribution < 1.29 is 9.13 Å². The van der Waals surface area contributed by atoms with Gasteiger partial charge in [0.05, 0.1) is 0 Å². The summed E-state index contributed by atoms with van der Waals surface area (Å²) in [5.74, 6) is 2.09. The molecule has 1 spiro atoms. The van der Waals surface area contributed by atoms with Crippen molar-refractivity contribution in [1.82, 2.24) is 0 Å². The summed E-state index contributed by atoms with van der Waals surface area (Å²) in [5, 5.41) is 0. The predicted molar refractivity (Wildman–Crippen MR) is 78.1 cm³/mol. The van der Waals surface area contributed by atoms with Gasteiger partial charge in [0.25, 0.3) is 0 Å². The lowest BCUT2D eigenvalue weighted by molar-refractivity contribution is -0.0161. The minimum absolute atomic E-state index is 0.106. The van der Waals surface area contributed by atoms with Gasteiger partial charge in [0.2, 0.25) is 0 Å². The van der Waals surface area contributed by atoms with Crippen molar-refractivity contribution >= 4 is 0 Å². The molecule has 0 radical (unpaired) electrons. The topological polar surface area (TPSA) is 35.2 Å². The Morgan fingerprint density at radius 1 is 1.30 bits per heavy atom. The Morgan fingerprint density at radius 3 is 2.65 bits per heavy atom. The number of ether oxygens (including phenoxy) is 1. The molecule has 1 aromatic rings. The first kappa shape index (κ1) is 13.9. The van der Waals surface area contributed by atoms with Crippen molar-refractivity contribution in [2.75, 3.05) is 0 Å². The number of hydrogen-bond donors (Lipinski definition) is 1. The molecule has 1 heterocycles. The van der Waals surface area contributed by atoms with Gasteiger partial charge in [-0.05, 0) is 55.7 Å². The van der Waals surface area contributed by atoms with Gasteiger partial charge in [0.15, 0.2) is 0 Å². The molecule has 1 aliphatic heterocycles. The second kappa shape index (κ2) is 5.03. The van der Waals surface area contributed by atoms with Crippen LogP contribution in [0.2, 0.25) is 0 Å². The summed E-state index contributed by atoms with van der Waals surface area (Å²) in [5.41, 5.74) is 6.97. The Balaban J connectivity index is 1.80. The molecule has 0 saturated heterocycles. The maximum absolute atomic E-state index is 13.3. The van der Waals surface area contributed by atoms with Crippen LogP contribution in [-0.2, 0) is 0 Å². The van der Waals surface area contributed by atoms with Gasteiger partial charge in [-0.25, -0.2) is 4.39 Å². The molecule has 2 aliphatic rings. The van der Waals surface area contributed by atoms with Gasteiger partial charge in [0, 0.05) is 18.0 Å². The largest absolute Gasteiger partial charge is 0.487 e. The first-order valence-corrected chi connectivity index (χ1v) is 7.73. The zero-order valence-corrected chi connectivity index (χ0v) is 12.4. The molecule has 20 heavy (non-hydrogen) atoms. The van der Waals surface area contributed by atoms with Crippen LogP contribution in [0.5, 0.6) is 5.75 Å². The lowest BCUT2D eigenvalue weighted by atomic mass is 9.71. The molecule has 1 saturated carbocycles. The second-order valence-corrected chi connectivity index (χ2v) is 6.86. The van der Waals surface area contributed by atoms with Crippen LogP contribution >= 0.6 is 0 Å². The molecular weight excluding hydrogens is 253 g/mol. The number of rotatable bonds is 1. The van der Waals surface area contributed by atoms with Crippen molar-refractivity contribution in [2.45, 2.75) is 57.6 Å². The molecular formula is C17H24FNO. The van der Waals surface area contributed by atoms with Crippen LogP contribution < -0.4 is 10.5 Å². The maximum Gasteiger partial charge on any atom is 0.125 e. The fraction of sp³-hybridized carbons (Fsp3) is 0.647. The lowest BCUT2D eigenvalue weighted by Gasteiger charge is -2.46. The van der Waals surface area contributed by atoms with E-state index in [1.165, 1.54) is 25.0 Å². The Labute approximate surface area is 120 Å². The summed E-state index contributed by atoms with van der Waals surface area (Å²) in [6.07, 6.45) is 5.37. The van der Waals surface area contributed by atoms with E-state index in [4.69, 9.17) is 10.5 Å². The quantitative estimate of drug-likeness (QED) is 0.835. The van der Waals surface area contributed by atoms with Crippen LogP contribution in [0.3, 0.4) is 0 Å². The average molecular weight is 277 g/mol. The molecule has 1 atom stereocenters. The summed E-state index contributed by atoms with van der Waals surface area (Å²) in [7, 11) is 0. The van der Waals surface area contributed by atoms with Gasteiger partial charge in [-0.1, -0.05) is 13.8 Å². The van der Waals surface area contributed by atoms with E-state index >= 15 is 0 Å².